The highest BCUT2D eigenvalue weighted by molar-refractivity contribution is 9.10. The number of hydrogen-bond donors (Lipinski definition) is 0. The van der Waals surface area contributed by atoms with E-state index in [1.54, 1.807) is 12.0 Å². The van der Waals surface area contributed by atoms with Gasteiger partial charge < -0.3 is 9.64 Å². The van der Waals surface area contributed by atoms with Gasteiger partial charge in [-0.15, -0.1) is 0 Å². The highest BCUT2D eigenvalue weighted by Gasteiger charge is 2.17. The first-order chi connectivity index (χ1) is 12.9. The van der Waals surface area contributed by atoms with Gasteiger partial charge in [0.15, 0.2) is 0 Å². The van der Waals surface area contributed by atoms with Crippen molar-refractivity contribution in [3.05, 3.63) is 76.3 Å². The molecule has 144 valence electrons. The molecule has 2 aromatic carbocycles. The summed E-state index contributed by atoms with van der Waals surface area (Å²) in [6.45, 7) is 8.36. The topological polar surface area (TPSA) is 32.8 Å². The first-order valence-electron chi connectivity index (χ1n) is 8.96. The van der Waals surface area contributed by atoms with Crippen LogP contribution in [0.5, 0.6) is 0 Å². The van der Waals surface area contributed by atoms with Gasteiger partial charge in [0.2, 0.25) is 5.91 Å². The summed E-state index contributed by atoms with van der Waals surface area (Å²) in [5, 5.41) is 0. The zero-order chi connectivity index (χ0) is 19.8. The molecule has 5 heteroatoms. The van der Waals surface area contributed by atoms with Crippen molar-refractivity contribution in [3.63, 3.8) is 0 Å². The molecule has 0 unspecified atom stereocenters. The van der Waals surface area contributed by atoms with E-state index in [1.807, 2.05) is 44.3 Å². The van der Waals surface area contributed by atoms with Crippen LogP contribution >= 0.6 is 15.9 Å². The van der Waals surface area contributed by atoms with Crippen LogP contribution in [0.25, 0.3) is 5.76 Å². The summed E-state index contributed by atoms with van der Waals surface area (Å²) in [6.07, 6.45) is 0. The predicted molar refractivity (Wildman–Crippen MR) is 114 cm³/mol. The number of carbonyl (C=O) groups is 1. The van der Waals surface area contributed by atoms with Gasteiger partial charge in [-0.2, -0.15) is 0 Å². The molecule has 2 aromatic rings. The van der Waals surface area contributed by atoms with Crippen LogP contribution in [0.2, 0.25) is 0 Å². The first-order valence-corrected chi connectivity index (χ1v) is 9.75. The molecule has 0 aliphatic heterocycles. The SMILES string of the molecule is C=C(OC)c1cc(Br)ccc1CN(CC(=O)N(C)CC)Cc1ccccc1. The summed E-state index contributed by atoms with van der Waals surface area (Å²) < 4.78 is 6.33. The summed E-state index contributed by atoms with van der Waals surface area (Å²) in [6, 6.07) is 16.3. The Labute approximate surface area is 170 Å². The van der Waals surface area contributed by atoms with Crippen LogP contribution in [0.4, 0.5) is 0 Å². The Morgan fingerprint density at radius 2 is 1.85 bits per heavy atom. The summed E-state index contributed by atoms with van der Waals surface area (Å²) in [5.41, 5.74) is 3.20. The minimum Gasteiger partial charge on any atom is -0.497 e. The number of ether oxygens (including phenoxy) is 1. The van der Waals surface area contributed by atoms with Gasteiger partial charge in [0.25, 0.3) is 0 Å². The lowest BCUT2D eigenvalue weighted by molar-refractivity contribution is -0.131. The Kier molecular flexibility index (Phi) is 8.07. The Morgan fingerprint density at radius 1 is 1.15 bits per heavy atom. The van der Waals surface area contributed by atoms with Crippen LogP contribution in [0.15, 0.2) is 59.6 Å². The van der Waals surface area contributed by atoms with E-state index in [2.05, 4.69) is 45.6 Å². The minimum absolute atomic E-state index is 0.109. The predicted octanol–water partition coefficient (Wildman–Crippen LogP) is 4.55. The maximum absolute atomic E-state index is 12.5. The highest BCUT2D eigenvalue weighted by Crippen LogP contribution is 2.25. The van der Waals surface area contributed by atoms with E-state index >= 15 is 0 Å². The van der Waals surface area contributed by atoms with Gasteiger partial charge in [0, 0.05) is 36.7 Å². The first kappa shape index (κ1) is 21.2. The third-order valence-electron chi connectivity index (χ3n) is 4.52. The fraction of sp³-hybridized carbons (Fsp3) is 0.318. The highest BCUT2D eigenvalue weighted by atomic mass is 79.9. The molecule has 0 saturated carbocycles. The molecular formula is C22H27BrN2O2. The molecule has 0 aliphatic rings. The van der Waals surface area contributed by atoms with E-state index in [0.29, 0.717) is 31.9 Å². The molecule has 0 aliphatic carbocycles. The smallest absolute Gasteiger partial charge is 0.236 e. The Morgan fingerprint density at radius 3 is 2.48 bits per heavy atom. The number of benzene rings is 2. The number of likely N-dealkylation sites (N-methyl/N-ethyl adjacent to an activating group) is 1. The lowest BCUT2D eigenvalue weighted by Gasteiger charge is -2.26. The largest absolute Gasteiger partial charge is 0.497 e. The molecule has 0 radical (unpaired) electrons. The summed E-state index contributed by atoms with van der Waals surface area (Å²) in [7, 11) is 3.45. The zero-order valence-corrected chi connectivity index (χ0v) is 17.8. The molecule has 2 rings (SSSR count). The van der Waals surface area contributed by atoms with Gasteiger partial charge in [0.05, 0.1) is 13.7 Å². The third-order valence-corrected chi connectivity index (χ3v) is 5.01. The van der Waals surface area contributed by atoms with Gasteiger partial charge >= 0.3 is 0 Å². The maximum Gasteiger partial charge on any atom is 0.236 e. The molecular weight excluding hydrogens is 404 g/mol. The number of amides is 1. The van der Waals surface area contributed by atoms with Gasteiger partial charge in [0.1, 0.15) is 5.76 Å². The lowest BCUT2D eigenvalue weighted by atomic mass is 10.1. The Bertz CT molecular complexity index is 777. The molecule has 4 nitrogen and oxygen atoms in total. The van der Waals surface area contributed by atoms with Crippen molar-refractivity contribution in [1.82, 2.24) is 9.80 Å². The number of rotatable bonds is 9. The second kappa shape index (κ2) is 10.3. The second-order valence-corrected chi connectivity index (χ2v) is 7.38. The van der Waals surface area contributed by atoms with Crippen LogP contribution in [0.1, 0.15) is 23.6 Å². The quantitative estimate of drug-likeness (QED) is 0.547. The monoisotopic (exact) mass is 430 g/mol. The standard InChI is InChI=1S/C22H27BrN2O2/c1-5-24(3)22(26)16-25(14-18-9-7-6-8-10-18)15-19-11-12-20(23)13-21(19)17(2)27-4/h6-13H,2,5,14-16H2,1,3-4H3. The molecule has 0 bridgehead atoms. The molecule has 0 fully saturated rings. The van der Waals surface area contributed by atoms with Gasteiger partial charge in [-0.1, -0.05) is 58.9 Å². The molecule has 0 saturated heterocycles. The van der Waals surface area contributed by atoms with Gasteiger partial charge in [-0.3, -0.25) is 9.69 Å². The van der Waals surface area contributed by atoms with E-state index in [-0.39, 0.29) is 5.91 Å². The maximum atomic E-state index is 12.5. The van der Waals surface area contributed by atoms with Crippen molar-refractivity contribution in [3.8, 4) is 0 Å². The van der Waals surface area contributed by atoms with Gasteiger partial charge in [-0.05, 0) is 30.2 Å². The van der Waals surface area contributed by atoms with Crippen molar-refractivity contribution in [2.75, 3.05) is 27.2 Å². The molecule has 1 amide bonds. The molecule has 0 heterocycles. The summed E-state index contributed by atoms with van der Waals surface area (Å²) in [4.78, 5) is 16.4. The van der Waals surface area contributed by atoms with E-state index in [0.717, 1.165) is 15.6 Å². The van der Waals surface area contributed by atoms with Crippen LogP contribution in [-0.2, 0) is 22.6 Å². The second-order valence-electron chi connectivity index (χ2n) is 6.47. The van der Waals surface area contributed by atoms with E-state index in [1.165, 1.54) is 5.56 Å². The van der Waals surface area contributed by atoms with Crippen molar-refractivity contribution in [2.24, 2.45) is 0 Å². The van der Waals surface area contributed by atoms with Crippen molar-refractivity contribution >= 4 is 27.6 Å². The van der Waals surface area contributed by atoms with Crippen LogP contribution in [0, 0.1) is 0 Å². The Hall–Kier alpha value is -2.11. The number of halogens is 1. The Balaban J connectivity index is 2.28. The fourth-order valence-corrected chi connectivity index (χ4v) is 3.16. The van der Waals surface area contributed by atoms with Crippen LogP contribution in [-0.4, -0.2) is 43.0 Å². The van der Waals surface area contributed by atoms with Crippen molar-refractivity contribution < 1.29 is 9.53 Å². The minimum atomic E-state index is 0.109. The normalized spacial score (nSPS) is 10.7. The molecule has 0 N–H and O–H groups in total. The molecule has 0 spiro atoms. The van der Waals surface area contributed by atoms with Gasteiger partial charge in [-0.25, -0.2) is 0 Å². The van der Waals surface area contributed by atoms with Crippen LogP contribution in [0.3, 0.4) is 0 Å². The van der Waals surface area contributed by atoms with E-state index < -0.39 is 0 Å². The van der Waals surface area contributed by atoms with Crippen molar-refractivity contribution in [2.45, 2.75) is 20.0 Å². The fourth-order valence-electron chi connectivity index (χ4n) is 2.79. The average Bonchev–Trinajstić information content (AvgIpc) is 2.68. The number of hydrogen-bond acceptors (Lipinski definition) is 3. The summed E-state index contributed by atoms with van der Waals surface area (Å²) >= 11 is 3.51. The third kappa shape index (κ3) is 6.22. The summed E-state index contributed by atoms with van der Waals surface area (Å²) in [5.74, 6) is 0.723. The van der Waals surface area contributed by atoms with E-state index in [4.69, 9.17) is 4.74 Å². The van der Waals surface area contributed by atoms with Crippen molar-refractivity contribution in [1.29, 1.82) is 0 Å². The van der Waals surface area contributed by atoms with E-state index in [9.17, 15) is 4.79 Å². The number of methoxy groups -OCH3 is 1. The molecule has 0 aromatic heterocycles. The lowest BCUT2D eigenvalue weighted by Crippen LogP contribution is -2.37. The number of carbonyl (C=O) groups excluding carboxylic acids is 1. The van der Waals surface area contributed by atoms with Crippen LogP contribution < -0.4 is 0 Å². The molecule has 0 atom stereocenters. The molecule has 27 heavy (non-hydrogen) atoms. The average molecular weight is 431 g/mol. The zero-order valence-electron chi connectivity index (χ0n) is 16.2. The number of nitrogens with zero attached hydrogens (tertiary/aromatic N) is 2.